The highest BCUT2D eigenvalue weighted by molar-refractivity contribution is 6.03. The maximum atomic E-state index is 13.2. The number of hydrogen-bond acceptors (Lipinski definition) is 5. The predicted molar refractivity (Wildman–Crippen MR) is 105 cm³/mol. The molecule has 5 nitrogen and oxygen atoms in total. The average Bonchev–Trinajstić information content (AvgIpc) is 3.20. The van der Waals surface area contributed by atoms with Crippen molar-refractivity contribution in [3.8, 4) is 11.5 Å². The minimum atomic E-state index is -0.842. The van der Waals surface area contributed by atoms with E-state index < -0.39 is 6.23 Å². The molecule has 5 rings (SSSR count). The lowest BCUT2D eigenvalue weighted by atomic mass is 9.96. The van der Waals surface area contributed by atoms with Gasteiger partial charge in [-0.25, -0.2) is 5.01 Å². The molecule has 0 bridgehead atoms. The summed E-state index contributed by atoms with van der Waals surface area (Å²) in [7, 11) is 0. The SMILES string of the molecule is O=C(c1ccc(O)cc1)[C@H]1Oc2ccccc2[C@@H]2CC(c3ccccc3)=NN12. The van der Waals surface area contributed by atoms with Crippen LogP contribution in [0.2, 0.25) is 0 Å². The molecule has 5 heteroatoms. The maximum absolute atomic E-state index is 13.2. The van der Waals surface area contributed by atoms with E-state index in [1.165, 1.54) is 12.1 Å². The number of benzene rings is 3. The third-order valence-electron chi connectivity index (χ3n) is 5.18. The molecular formula is C23H18N2O3. The van der Waals surface area contributed by atoms with Gasteiger partial charge < -0.3 is 9.84 Å². The monoisotopic (exact) mass is 370 g/mol. The van der Waals surface area contributed by atoms with Crippen LogP contribution >= 0.6 is 0 Å². The van der Waals surface area contributed by atoms with Gasteiger partial charge in [0.15, 0.2) is 0 Å². The molecule has 0 saturated heterocycles. The summed E-state index contributed by atoms with van der Waals surface area (Å²) in [5, 5.41) is 16.1. The van der Waals surface area contributed by atoms with Crippen LogP contribution < -0.4 is 4.74 Å². The third kappa shape index (κ3) is 2.72. The van der Waals surface area contributed by atoms with Gasteiger partial charge in [-0.2, -0.15) is 5.10 Å². The molecule has 1 N–H and O–H groups in total. The number of hydrazone groups is 1. The number of carbonyl (C=O) groups is 1. The molecule has 3 aromatic carbocycles. The number of carbonyl (C=O) groups excluding carboxylic acids is 1. The molecule has 0 saturated carbocycles. The largest absolute Gasteiger partial charge is 0.508 e. The topological polar surface area (TPSA) is 62.1 Å². The number of aromatic hydroxyl groups is 1. The molecule has 0 fully saturated rings. The second kappa shape index (κ2) is 6.53. The molecular weight excluding hydrogens is 352 g/mol. The zero-order valence-corrected chi connectivity index (χ0v) is 15.0. The summed E-state index contributed by atoms with van der Waals surface area (Å²) >= 11 is 0. The van der Waals surface area contributed by atoms with Crippen molar-refractivity contribution in [1.82, 2.24) is 5.01 Å². The van der Waals surface area contributed by atoms with E-state index in [0.29, 0.717) is 17.7 Å². The van der Waals surface area contributed by atoms with E-state index in [0.717, 1.165) is 16.8 Å². The second-order valence-electron chi connectivity index (χ2n) is 6.93. The first-order chi connectivity index (χ1) is 13.7. The number of hydrogen-bond donors (Lipinski definition) is 1. The minimum Gasteiger partial charge on any atom is -0.508 e. The smallest absolute Gasteiger partial charge is 0.251 e. The fraction of sp³-hybridized carbons (Fsp3) is 0.130. The number of phenols is 1. The number of rotatable bonds is 3. The average molecular weight is 370 g/mol. The molecule has 0 spiro atoms. The quantitative estimate of drug-likeness (QED) is 0.704. The Morgan fingerprint density at radius 2 is 1.68 bits per heavy atom. The molecule has 0 unspecified atom stereocenters. The Bertz CT molecular complexity index is 1060. The van der Waals surface area contributed by atoms with Crippen molar-refractivity contribution in [3.63, 3.8) is 0 Å². The van der Waals surface area contributed by atoms with Crippen molar-refractivity contribution in [2.75, 3.05) is 0 Å². The van der Waals surface area contributed by atoms with Crippen LogP contribution in [0.5, 0.6) is 11.5 Å². The van der Waals surface area contributed by atoms with Gasteiger partial charge in [0.25, 0.3) is 6.23 Å². The Balaban J connectivity index is 1.56. The van der Waals surface area contributed by atoms with E-state index in [1.807, 2.05) is 54.6 Å². The van der Waals surface area contributed by atoms with Gasteiger partial charge in [0.05, 0.1) is 11.8 Å². The van der Waals surface area contributed by atoms with Gasteiger partial charge in [-0.15, -0.1) is 0 Å². The predicted octanol–water partition coefficient (Wildman–Crippen LogP) is 4.14. The van der Waals surface area contributed by atoms with Crippen molar-refractivity contribution in [2.45, 2.75) is 18.7 Å². The van der Waals surface area contributed by atoms with Gasteiger partial charge in [-0.05, 0) is 35.9 Å². The Morgan fingerprint density at radius 1 is 0.964 bits per heavy atom. The van der Waals surface area contributed by atoms with E-state index in [-0.39, 0.29) is 17.6 Å². The highest BCUT2D eigenvalue weighted by Crippen LogP contribution is 2.43. The van der Waals surface area contributed by atoms with Crippen LogP contribution in [0, 0.1) is 0 Å². The number of para-hydroxylation sites is 1. The molecule has 0 aromatic heterocycles. The first kappa shape index (κ1) is 16.6. The van der Waals surface area contributed by atoms with Gasteiger partial charge >= 0.3 is 0 Å². The lowest BCUT2D eigenvalue weighted by Gasteiger charge is -2.37. The number of phenolic OH excluding ortho intramolecular Hbond substituents is 1. The Labute approximate surface area is 162 Å². The van der Waals surface area contributed by atoms with Gasteiger partial charge in [0.1, 0.15) is 11.5 Å². The fourth-order valence-corrected chi connectivity index (χ4v) is 3.78. The number of ether oxygens (including phenoxy) is 1. The van der Waals surface area contributed by atoms with Gasteiger partial charge in [-0.1, -0.05) is 48.5 Å². The zero-order valence-electron chi connectivity index (χ0n) is 15.0. The summed E-state index contributed by atoms with van der Waals surface area (Å²) in [5.41, 5.74) is 3.50. The molecule has 2 aliphatic rings. The van der Waals surface area contributed by atoms with Crippen molar-refractivity contribution in [1.29, 1.82) is 0 Å². The minimum absolute atomic E-state index is 0.0498. The molecule has 2 atom stereocenters. The molecule has 138 valence electrons. The lowest BCUT2D eigenvalue weighted by Crippen LogP contribution is -2.45. The van der Waals surface area contributed by atoms with Crippen molar-refractivity contribution in [2.24, 2.45) is 5.10 Å². The van der Waals surface area contributed by atoms with E-state index in [2.05, 4.69) is 0 Å². The molecule has 0 aliphatic carbocycles. The maximum Gasteiger partial charge on any atom is 0.251 e. The van der Waals surface area contributed by atoms with Gasteiger partial charge in [0, 0.05) is 17.5 Å². The number of Topliss-reactive ketones (excluding diaryl/α,β-unsaturated/α-hetero) is 1. The van der Waals surface area contributed by atoms with Crippen LogP contribution in [-0.4, -0.2) is 27.8 Å². The van der Waals surface area contributed by atoms with Crippen LogP contribution in [-0.2, 0) is 0 Å². The Kier molecular flexibility index (Phi) is 3.86. The number of fused-ring (bicyclic) bond motifs is 3. The van der Waals surface area contributed by atoms with E-state index >= 15 is 0 Å². The first-order valence-corrected chi connectivity index (χ1v) is 9.21. The van der Waals surface area contributed by atoms with Crippen molar-refractivity contribution >= 4 is 11.5 Å². The zero-order chi connectivity index (χ0) is 19.1. The van der Waals surface area contributed by atoms with Crippen LogP contribution in [0.15, 0.2) is 84.0 Å². The molecule has 0 amide bonds. The summed E-state index contributed by atoms with van der Waals surface area (Å²) in [4.78, 5) is 13.2. The summed E-state index contributed by atoms with van der Waals surface area (Å²) in [5.74, 6) is 0.651. The van der Waals surface area contributed by atoms with Gasteiger partial charge in [-0.3, -0.25) is 4.79 Å². The molecule has 2 aliphatic heterocycles. The van der Waals surface area contributed by atoms with Crippen LogP contribution in [0.3, 0.4) is 0 Å². The van der Waals surface area contributed by atoms with Crippen LogP contribution in [0.4, 0.5) is 0 Å². The van der Waals surface area contributed by atoms with E-state index in [4.69, 9.17) is 9.84 Å². The highest BCUT2D eigenvalue weighted by atomic mass is 16.5. The van der Waals surface area contributed by atoms with E-state index in [1.54, 1.807) is 17.1 Å². The fourth-order valence-electron chi connectivity index (χ4n) is 3.78. The lowest BCUT2D eigenvalue weighted by molar-refractivity contribution is -0.00455. The Hall–Kier alpha value is -3.60. The standard InChI is InChI=1S/C23H18N2O3/c26-17-12-10-16(11-13-17)22(27)23-25-20(18-8-4-5-9-21(18)28-23)14-19(24-25)15-6-2-1-3-7-15/h1-13,20,23,26H,14H2/t20-,23+/m0/s1. The summed E-state index contributed by atoms with van der Waals surface area (Å²) in [6.45, 7) is 0. The summed E-state index contributed by atoms with van der Waals surface area (Å²) < 4.78 is 6.08. The second-order valence-corrected chi connectivity index (χ2v) is 6.93. The van der Waals surface area contributed by atoms with E-state index in [9.17, 15) is 9.90 Å². The third-order valence-corrected chi connectivity index (χ3v) is 5.18. The number of nitrogens with zero attached hydrogens (tertiary/aromatic N) is 2. The van der Waals surface area contributed by atoms with Crippen LogP contribution in [0.25, 0.3) is 0 Å². The van der Waals surface area contributed by atoms with Gasteiger partial charge in [0.2, 0.25) is 5.78 Å². The summed E-state index contributed by atoms with van der Waals surface area (Å²) in [6, 6.07) is 24.0. The molecule has 28 heavy (non-hydrogen) atoms. The Morgan fingerprint density at radius 3 is 2.46 bits per heavy atom. The first-order valence-electron chi connectivity index (χ1n) is 9.21. The molecule has 2 heterocycles. The number of ketones is 1. The normalized spacial score (nSPS) is 20.0. The van der Waals surface area contributed by atoms with Crippen molar-refractivity contribution < 1.29 is 14.6 Å². The molecule has 0 radical (unpaired) electrons. The van der Waals surface area contributed by atoms with Crippen LogP contribution in [0.1, 0.15) is 33.9 Å². The van der Waals surface area contributed by atoms with Crippen molar-refractivity contribution in [3.05, 3.63) is 95.6 Å². The highest BCUT2D eigenvalue weighted by Gasteiger charge is 2.43. The molecule has 3 aromatic rings. The summed E-state index contributed by atoms with van der Waals surface area (Å²) in [6.07, 6.45) is -0.130.